The lowest BCUT2D eigenvalue weighted by Gasteiger charge is -2.05. The van der Waals surface area contributed by atoms with Gasteiger partial charge in [-0.3, -0.25) is 0 Å². The van der Waals surface area contributed by atoms with Crippen molar-refractivity contribution in [2.24, 2.45) is 5.14 Å². The summed E-state index contributed by atoms with van der Waals surface area (Å²) < 4.78 is 52.3. The molecule has 1 aromatic rings. The summed E-state index contributed by atoms with van der Waals surface area (Å²) in [6.45, 7) is 4.01. The van der Waals surface area contributed by atoms with Crippen LogP contribution in [0.5, 0.6) is 0 Å². The lowest BCUT2D eigenvalue weighted by molar-refractivity contribution is 0.393. The van der Waals surface area contributed by atoms with Crippen LogP contribution in [0.15, 0.2) is 21.6 Å². The van der Waals surface area contributed by atoms with E-state index in [0.717, 1.165) is 0 Å². The molecule has 0 amide bonds. The van der Waals surface area contributed by atoms with Gasteiger partial charge in [-0.2, -0.15) is 0 Å². The molecule has 4 N–H and O–H groups in total. The van der Waals surface area contributed by atoms with Crippen LogP contribution in [0, 0.1) is 0 Å². The molecule has 0 aliphatic rings. The largest absolute Gasteiger partial charge is 0.447 e. The summed E-state index contributed by atoms with van der Waals surface area (Å²) in [7, 11) is -7.57. The second kappa shape index (κ2) is 6.68. The first-order valence-electron chi connectivity index (χ1n) is 5.92. The molecule has 0 aromatic carbocycles. The fraction of sp³-hybridized carbons (Fsp3) is 0.600. The minimum atomic E-state index is -3.86. The Kier molecular flexibility index (Phi) is 5.71. The van der Waals surface area contributed by atoms with Crippen molar-refractivity contribution in [1.29, 1.82) is 0 Å². The van der Waals surface area contributed by atoms with Gasteiger partial charge in [-0.05, 0) is 12.1 Å². The molecule has 0 saturated heterocycles. The number of furan rings is 1. The molecule has 0 aliphatic heterocycles. The third-order valence-corrected chi connectivity index (χ3v) is 4.37. The molecule has 0 spiro atoms. The zero-order valence-electron chi connectivity index (χ0n) is 11.3. The highest BCUT2D eigenvalue weighted by Crippen LogP contribution is 2.13. The highest BCUT2D eigenvalue weighted by molar-refractivity contribution is 7.90. The van der Waals surface area contributed by atoms with Crippen LogP contribution in [-0.2, 0) is 26.6 Å². The lowest BCUT2D eigenvalue weighted by atomic mass is 10.3. The maximum Gasteiger partial charge on any atom is 0.273 e. The van der Waals surface area contributed by atoms with Crippen LogP contribution in [0.4, 0.5) is 0 Å². The standard InChI is InChI=1S/C10H19N3O5S2/c1-8(2)12-7-9-3-4-10(18-9)20(16,17)13-5-6-19(11,14)15/h3-4,8,12-13H,5-7H2,1-2H3,(H2,11,14,15). The smallest absolute Gasteiger partial charge is 0.273 e. The van der Waals surface area contributed by atoms with Crippen LogP contribution in [-0.4, -0.2) is 35.2 Å². The van der Waals surface area contributed by atoms with Crippen molar-refractivity contribution in [3.8, 4) is 0 Å². The van der Waals surface area contributed by atoms with Gasteiger partial charge in [-0.15, -0.1) is 0 Å². The van der Waals surface area contributed by atoms with E-state index in [1.165, 1.54) is 6.07 Å². The predicted octanol–water partition coefficient (Wildman–Crippen LogP) is -0.656. The van der Waals surface area contributed by atoms with Gasteiger partial charge in [0.25, 0.3) is 10.0 Å². The quantitative estimate of drug-likeness (QED) is 0.581. The SMILES string of the molecule is CC(C)NCc1ccc(S(=O)(=O)NCCS(N)(=O)=O)o1. The van der Waals surface area contributed by atoms with Crippen LogP contribution in [0.25, 0.3) is 0 Å². The van der Waals surface area contributed by atoms with E-state index < -0.39 is 25.8 Å². The predicted molar refractivity (Wildman–Crippen MR) is 73.8 cm³/mol. The summed E-state index contributed by atoms with van der Waals surface area (Å²) in [5, 5.41) is 7.61. The molecule has 0 radical (unpaired) electrons. The van der Waals surface area contributed by atoms with Crippen molar-refractivity contribution >= 4 is 20.0 Å². The van der Waals surface area contributed by atoms with Gasteiger partial charge < -0.3 is 9.73 Å². The first-order chi connectivity index (χ1) is 9.10. The number of hydrogen-bond donors (Lipinski definition) is 3. The molecule has 20 heavy (non-hydrogen) atoms. The Morgan fingerprint density at radius 2 is 1.90 bits per heavy atom. The minimum absolute atomic E-state index is 0.244. The van der Waals surface area contributed by atoms with Crippen LogP contribution in [0.3, 0.4) is 0 Å². The summed E-state index contributed by atoms with van der Waals surface area (Å²) in [4.78, 5) is 0. The Morgan fingerprint density at radius 3 is 2.45 bits per heavy atom. The van der Waals surface area contributed by atoms with Crippen LogP contribution < -0.4 is 15.2 Å². The third kappa shape index (κ3) is 6.01. The van der Waals surface area contributed by atoms with Crippen molar-refractivity contribution in [2.75, 3.05) is 12.3 Å². The molecule has 1 rings (SSSR count). The number of primary sulfonamides is 1. The number of sulfonamides is 2. The Hall–Kier alpha value is -0.940. The van der Waals surface area contributed by atoms with Gasteiger partial charge >= 0.3 is 0 Å². The van der Waals surface area contributed by atoms with E-state index in [9.17, 15) is 16.8 Å². The maximum absolute atomic E-state index is 11.8. The second-order valence-electron chi connectivity index (χ2n) is 4.52. The molecule has 10 heteroatoms. The van der Waals surface area contributed by atoms with E-state index in [0.29, 0.717) is 12.3 Å². The molecule has 1 heterocycles. The molecular weight excluding hydrogens is 306 g/mol. The maximum atomic E-state index is 11.8. The fourth-order valence-electron chi connectivity index (χ4n) is 1.29. The summed E-state index contributed by atoms with van der Waals surface area (Å²) in [5.74, 6) is -0.000145. The Morgan fingerprint density at radius 1 is 1.25 bits per heavy atom. The monoisotopic (exact) mass is 325 g/mol. The molecule has 116 valence electrons. The molecule has 0 aliphatic carbocycles. The normalized spacial score (nSPS) is 13.0. The van der Waals surface area contributed by atoms with Crippen molar-refractivity contribution in [3.63, 3.8) is 0 Å². The van der Waals surface area contributed by atoms with E-state index in [-0.39, 0.29) is 17.7 Å². The topological polar surface area (TPSA) is 132 Å². The minimum Gasteiger partial charge on any atom is -0.447 e. The van der Waals surface area contributed by atoms with Gasteiger partial charge in [0.05, 0.1) is 12.3 Å². The van der Waals surface area contributed by atoms with E-state index in [2.05, 4.69) is 10.0 Å². The molecule has 0 fully saturated rings. The second-order valence-corrected chi connectivity index (χ2v) is 7.95. The van der Waals surface area contributed by atoms with Crippen LogP contribution >= 0.6 is 0 Å². The summed E-state index contributed by atoms with van der Waals surface area (Å²) in [5.41, 5.74) is 0. The average molecular weight is 325 g/mol. The molecule has 0 unspecified atom stereocenters. The third-order valence-electron chi connectivity index (χ3n) is 2.27. The van der Waals surface area contributed by atoms with E-state index in [4.69, 9.17) is 9.56 Å². The number of hydrogen-bond acceptors (Lipinski definition) is 6. The summed E-state index contributed by atoms with van der Waals surface area (Å²) in [6, 6.07) is 3.10. The lowest BCUT2D eigenvalue weighted by Crippen LogP contribution is -2.31. The first-order valence-corrected chi connectivity index (χ1v) is 9.12. The van der Waals surface area contributed by atoms with Crippen molar-refractivity contribution < 1.29 is 21.3 Å². The van der Waals surface area contributed by atoms with Gasteiger partial charge in [0.1, 0.15) is 5.76 Å². The van der Waals surface area contributed by atoms with Crippen molar-refractivity contribution in [2.45, 2.75) is 31.5 Å². The average Bonchev–Trinajstić information content (AvgIpc) is 2.73. The van der Waals surface area contributed by atoms with Crippen LogP contribution in [0.2, 0.25) is 0 Å². The van der Waals surface area contributed by atoms with Gasteiger partial charge in [-0.1, -0.05) is 13.8 Å². The number of nitrogens with two attached hydrogens (primary N) is 1. The van der Waals surface area contributed by atoms with E-state index in [1.807, 2.05) is 13.8 Å². The molecule has 0 bridgehead atoms. The highest BCUT2D eigenvalue weighted by Gasteiger charge is 2.19. The molecule has 8 nitrogen and oxygen atoms in total. The number of rotatable bonds is 8. The molecule has 0 saturated carbocycles. The highest BCUT2D eigenvalue weighted by atomic mass is 32.2. The fourth-order valence-corrected chi connectivity index (χ4v) is 2.78. The zero-order chi connectivity index (χ0) is 15.4. The Labute approximate surface area is 118 Å². The molecular formula is C10H19N3O5S2. The zero-order valence-corrected chi connectivity index (χ0v) is 12.9. The van der Waals surface area contributed by atoms with Crippen LogP contribution in [0.1, 0.15) is 19.6 Å². The Bertz CT molecular complexity index is 634. The van der Waals surface area contributed by atoms with Gasteiger partial charge in [0, 0.05) is 12.6 Å². The number of nitrogens with one attached hydrogen (secondary N) is 2. The Balaban J connectivity index is 2.64. The summed E-state index contributed by atoms with van der Waals surface area (Å²) in [6.07, 6.45) is 0. The first kappa shape index (κ1) is 17.1. The molecule has 1 aromatic heterocycles. The van der Waals surface area contributed by atoms with E-state index >= 15 is 0 Å². The molecule has 0 atom stereocenters. The van der Waals surface area contributed by atoms with Crippen molar-refractivity contribution in [1.82, 2.24) is 10.0 Å². The van der Waals surface area contributed by atoms with Crippen molar-refractivity contribution in [3.05, 3.63) is 17.9 Å². The van der Waals surface area contributed by atoms with E-state index in [1.54, 1.807) is 6.07 Å². The summed E-state index contributed by atoms with van der Waals surface area (Å²) >= 11 is 0. The van der Waals surface area contributed by atoms with Gasteiger partial charge in [0.2, 0.25) is 15.1 Å². The van der Waals surface area contributed by atoms with Gasteiger partial charge in [0.15, 0.2) is 0 Å². The van der Waals surface area contributed by atoms with Gasteiger partial charge in [-0.25, -0.2) is 26.7 Å².